The second kappa shape index (κ2) is 5.32. The molecule has 0 atom stereocenters. The smallest absolute Gasteiger partial charge is 0.289 e. The first-order valence-corrected chi connectivity index (χ1v) is 6.34. The van der Waals surface area contributed by atoms with Gasteiger partial charge in [-0.05, 0) is 24.3 Å². The summed E-state index contributed by atoms with van der Waals surface area (Å²) in [5, 5.41) is 13.7. The monoisotopic (exact) mass is 299 g/mol. The molecule has 22 heavy (non-hydrogen) atoms. The van der Waals surface area contributed by atoms with Gasteiger partial charge in [0.15, 0.2) is 11.5 Å². The number of halogens is 1. The molecule has 0 bridgehead atoms. The summed E-state index contributed by atoms with van der Waals surface area (Å²) in [6, 6.07) is 7.12. The number of hydrogen-bond donors (Lipinski definition) is 1. The zero-order valence-electron chi connectivity index (χ0n) is 11.4. The number of fused-ring (bicyclic) bond motifs is 1. The van der Waals surface area contributed by atoms with Gasteiger partial charge in [-0.2, -0.15) is 0 Å². The van der Waals surface area contributed by atoms with Gasteiger partial charge in [-0.15, -0.1) is 0 Å². The first kappa shape index (κ1) is 13.8. The number of pyridine rings is 1. The van der Waals surface area contributed by atoms with E-state index in [0.717, 1.165) is 6.20 Å². The lowest BCUT2D eigenvalue weighted by atomic mass is 10.1. The first-order valence-electron chi connectivity index (χ1n) is 6.34. The van der Waals surface area contributed by atoms with Gasteiger partial charge in [0.1, 0.15) is 23.2 Å². The molecule has 3 aromatic rings. The van der Waals surface area contributed by atoms with E-state index in [9.17, 15) is 14.5 Å². The normalized spacial score (nSPS) is 10.6. The molecular formula is C14H10FN5O2. The molecule has 110 valence electrons. The summed E-state index contributed by atoms with van der Waals surface area (Å²) >= 11 is 0. The highest BCUT2D eigenvalue weighted by atomic mass is 19.1. The predicted octanol–water partition coefficient (Wildman–Crippen LogP) is 2.78. The molecule has 0 aliphatic heterocycles. The van der Waals surface area contributed by atoms with Crippen LogP contribution in [0.4, 0.5) is 15.9 Å². The van der Waals surface area contributed by atoms with Crippen molar-refractivity contribution in [1.82, 2.24) is 15.0 Å². The van der Waals surface area contributed by atoms with E-state index in [2.05, 4.69) is 20.3 Å². The fraction of sp³-hybridized carbons (Fsp3) is 0.0714. The van der Waals surface area contributed by atoms with Crippen LogP contribution < -0.4 is 5.32 Å². The molecule has 1 N–H and O–H groups in total. The number of rotatable bonds is 3. The van der Waals surface area contributed by atoms with Crippen LogP contribution in [-0.2, 0) is 0 Å². The summed E-state index contributed by atoms with van der Waals surface area (Å²) in [7, 11) is 1.66. The molecule has 0 saturated carbocycles. The summed E-state index contributed by atoms with van der Waals surface area (Å²) in [6.45, 7) is 0. The summed E-state index contributed by atoms with van der Waals surface area (Å²) in [5.74, 6) is 0.0821. The molecule has 3 rings (SSSR count). The Bertz CT molecular complexity index is 867. The van der Waals surface area contributed by atoms with Crippen molar-refractivity contribution in [2.75, 3.05) is 12.4 Å². The standard InChI is InChI=1S/C14H10FN5O2/c1-16-14-12(8-2-4-9(15)5-3-8)19-13-11(18-14)6-10(7-17-13)20(21)22/h2-7H,1H3,(H,16,18). The van der Waals surface area contributed by atoms with E-state index in [1.54, 1.807) is 19.2 Å². The lowest BCUT2D eigenvalue weighted by Crippen LogP contribution is -2.01. The Morgan fingerprint density at radius 2 is 1.95 bits per heavy atom. The fourth-order valence-electron chi connectivity index (χ4n) is 2.02. The van der Waals surface area contributed by atoms with Crippen LogP contribution in [-0.4, -0.2) is 26.9 Å². The number of aromatic nitrogens is 3. The molecule has 0 spiro atoms. The predicted molar refractivity (Wildman–Crippen MR) is 78.9 cm³/mol. The maximum absolute atomic E-state index is 13.0. The number of anilines is 1. The van der Waals surface area contributed by atoms with Crippen molar-refractivity contribution in [3.63, 3.8) is 0 Å². The van der Waals surface area contributed by atoms with Crippen molar-refractivity contribution in [3.05, 3.63) is 52.5 Å². The topological polar surface area (TPSA) is 93.8 Å². The number of hydrogen-bond acceptors (Lipinski definition) is 6. The third-order valence-electron chi connectivity index (χ3n) is 3.07. The van der Waals surface area contributed by atoms with Crippen LogP contribution in [0.1, 0.15) is 0 Å². The molecule has 0 saturated heterocycles. The Hall–Kier alpha value is -3.16. The van der Waals surface area contributed by atoms with Crippen LogP contribution in [0.25, 0.3) is 22.4 Å². The Morgan fingerprint density at radius 1 is 1.23 bits per heavy atom. The van der Waals surface area contributed by atoms with Crippen molar-refractivity contribution in [2.24, 2.45) is 0 Å². The van der Waals surface area contributed by atoms with E-state index >= 15 is 0 Å². The molecule has 2 heterocycles. The van der Waals surface area contributed by atoms with E-state index in [4.69, 9.17) is 0 Å². The molecule has 1 aromatic carbocycles. The summed E-state index contributed by atoms with van der Waals surface area (Å²) < 4.78 is 13.0. The van der Waals surface area contributed by atoms with E-state index in [1.165, 1.54) is 18.2 Å². The third-order valence-corrected chi connectivity index (χ3v) is 3.07. The van der Waals surface area contributed by atoms with Gasteiger partial charge in [-0.25, -0.2) is 19.3 Å². The van der Waals surface area contributed by atoms with Crippen LogP contribution in [0.5, 0.6) is 0 Å². The molecule has 0 aliphatic rings. The Morgan fingerprint density at radius 3 is 2.59 bits per heavy atom. The molecule has 0 amide bonds. The van der Waals surface area contributed by atoms with Crippen LogP contribution >= 0.6 is 0 Å². The van der Waals surface area contributed by atoms with E-state index in [-0.39, 0.29) is 17.2 Å². The Kier molecular flexibility index (Phi) is 3.34. The molecule has 0 fully saturated rings. The van der Waals surface area contributed by atoms with Crippen LogP contribution in [0, 0.1) is 15.9 Å². The largest absolute Gasteiger partial charge is 0.371 e. The first-order chi connectivity index (χ1) is 10.6. The lowest BCUT2D eigenvalue weighted by molar-refractivity contribution is -0.385. The zero-order valence-corrected chi connectivity index (χ0v) is 11.4. The maximum Gasteiger partial charge on any atom is 0.289 e. The second-order valence-corrected chi connectivity index (χ2v) is 4.47. The van der Waals surface area contributed by atoms with Crippen molar-refractivity contribution < 1.29 is 9.31 Å². The van der Waals surface area contributed by atoms with Gasteiger partial charge < -0.3 is 5.32 Å². The highest BCUT2D eigenvalue weighted by Gasteiger charge is 2.14. The highest BCUT2D eigenvalue weighted by molar-refractivity contribution is 5.81. The van der Waals surface area contributed by atoms with Gasteiger partial charge in [0.2, 0.25) is 0 Å². The minimum Gasteiger partial charge on any atom is -0.371 e. The van der Waals surface area contributed by atoms with Crippen molar-refractivity contribution >= 4 is 22.7 Å². The Labute approximate surface area is 124 Å². The van der Waals surface area contributed by atoms with Crippen molar-refractivity contribution in [1.29, 1.82) is 0 Å². The molecule has 0 unspecified atom stereocenters. The van der Waals surface area contributed by atoms with E-state index in [0.29, 0.717) is 22.6 Å². The van der Waals surface area contributed by atoms with Gasteiger partial charge in [0.05, 0.1) is 4.92 Å². The second-order valence-electron chi connectivity index (χ2n) is 4.47. The molecule has 0 aliphatic carbocycles. The average molecular weight is 299 g/mol. The third kappa shape index (κ3) is 2.41. The Balaban J connectivity index is 2.20. The van der Waals surface area contributed by atoms with Crippen LogP contribution in [0.15, 0.2) is 36.5 Å². The molecule has 7 nitrogen and oxygen atoms in total. The summed E-state index contributed by atoms with van der Waals surface area (Å²) in [4.78, 5) is 22.9. The van der Waals surface area contributed by atoms with E-state index in [1.807, 2.05) is 0 Å². The highest BCUT2D eigenvalue weighted by Crippen LogP contribution is 2.27. The van der Waals surface area contributed by atoms with Gasteiger partial charge in [-0.1, -0.05) is 0 Å². The minimum atomic E-state index is -0.541. The fourth-order valence-corrected chi connectivity index (χ4v) is 2.02. The van der Waals surface area contributed by atoms with Gasteiger partial charge in [-0.3, -0.25) is 10.1 Å². The number of nitrogens with one attached hydrogen (secondary N) is 1. The lowest BCUT2D eigenvalue weighted by Gasteiger charge is -2.08. The minimum absolute atomic E-state index is 0.154. The molecule has 8 heteroatoms. The summed E-state index contributed by atoms with van der Waals surface area (Å²) in [5.41, 5.74) is 1.60. The maximum atomic E-state index is 13.0. The van der Waals surface area contributed by atoms with Crippen LogP contribution in [0.2, 0.25) is 0 Å². The molecule has 2 aromatic heterocycles. The van der Waals surface area contributed by atoms with E-state index < -0.39 is 4.92 Å². The van der Waals surface area contributed by atoms with Crippen molar-refractivity contribution in [3.8, 4) is 11.3 Å². The van der Waals surface area contributed by atoms with Crippen LogP contribution in [0.3, 0.4) is 0 Å². The number of nitrogens with zero attached hydrogens (tertiary/aromatic N) is 4. The molecular weight excluding hydrogens is 289 g/mol. The zero-order chi connectivity index (χ0) is 15.7. The van der Waals surface area contributed by atoms with Gasteiger partial charge in [0, 0.05) is 18.7 Å². The van der Waals surface area contributed by atoms with Gasteiger partial charge >= 0.3 is 0 Å². The quantitative estimate of drug-likeness (QED) is 0.590. The van der Waals surface area contributed by atoms with Gasteiger partial charge in [0.25, 0.3) is 5.69 Å². The number of nitro groups is 1. The SMILES string of the molecule is CNc1nc2cc([N+](=O)[O-])cnc2nc1-c1ccc(F)cc1. The van der Waals surface area contributed by atoms with Crippen molar-refractivity contribution in [2.45, 2.75) is 0 Å². The number of benzene rings is 1. The molecule has 0 radical (unpaired) electrons. The average Bonchev–Trinajstić information content (AvgIpc) is 2.53. The summed E-state index contributed by atoms with van der Waals surface area (Å²) in [6.07, 6.45) is 1.13.